The second kappa shape index (κ2) is 14.5. The number of aromatic nitrogens is 6. The number of rotatable bonds is 7. The highest BCUT2D eigenvalue weighted by Crippen LogP contribution is 2.45. The van der Waals surface area contributed by atoms with Crippen molar-refractivity contribution in [2.45, 2.75) is 77.9 Å². The zero-order valence-corrected chi connectivity index (χ0v) is 33.4. The van der Waals surface area contributed by atoms with Crippen LogP contribution in [0, 0.1) is 11.3 Å². The number of amides is 3. The summed E-state index contributed by atoms with van der Waals surface area (Å²) in [4.78, 5) is 69.5. The van der Waals surface area contributed by atoms with E-state index < -0.39 is 17.6 Å². The van der Waals surface area contributed by atoms with Gasteiger partial charge in [0.2, 0.25) is 11.8 Å². The largest absolute Gasteiger partial charge is 0.453 e. The molecule has 0 saturated carbocycles. The maximum Gasteiger partial charge on any atom is 0.407 e. The number of aromatic amines is 2. The second-order valence-electron chi connectivity index (χ2n) is 16.8. The van der Waals surface area contributed by atoms with Crippen molar-refractivity contribution in [2.75, 3.05) is 18.6 Å². The summed E-state index contributed by atoms with van der Waals surface area (Å²) in [5.74, 6) is 1.48. The Morgan fingerprint density at radius 3 is 2.28 bits per heavy atom. The molecule has 3 amide bonds. The molecule has 3 aromatic carbocycles. The van der Waals surface area contributed by atoms with Gasteiger partial charge < -0.3 is 29.8 Å². The number of nitrogens with one attached hydrogen (secondary N) is 3. The van der Waals surface area contributed by atoms with E-state index in [1.807, 2.05) is 74.0 Å². The number of nitrogens with zero attached hydrogens (tertiary/aromatic N) is 6. The Bertz CT molecular complexity index is 2550. The van der Waals surface area contributed by atoms with Crippen LogP contribution in [0.25, 0.3) is 44.8 Å². The van der Waals surface area contributed by atoms with Crippen LogP contribution in [0.1, 0.15) is 81.8 Å². The molecule has 1 saturated heterocycles. The van der Waals surface area contributed by atoms with E-state index in [0.29, 0.717) is 12.4 Å². The van der Waals surface area contributed by atoms with Gasteiger partial charge in [-0.25, -0.2) is 19.7 Å². The number of alkyl carbamates (subject to hydrolysis) is 1. The van der Waals surface area contributed by atoms with E-state index in [-0.39, 0.29) is 29.8 Å². The number of anilines is 1. The molecular formula is C45H47N9O4. The molecule has 0 spiro atoms. The van der Waals surface area contributed by atoms with Crippen molar-refractivity contribution >= 4 is 34.6 Å². The van der Waals surface area contributed by atoms with E-state index in [4.69, 9.17) is 24.7 Å². The molecule has 13 heteroatoms. The van der Waals surface area contributed by atoms with Crippen LogP contribution < -0.4 is 10.2 Å². The molecule has 0 radical (unpaired) electrons. The molecule has 58 heavy (non-hydrogen) atoms. The van der Waals surface area contributed by atoms with E-state index >= 15 is 0 Å². The molecule has 3 aromatic heterocycles. The average molecular weight is 778 g/mol. The number of fused-ring (bicyclic) bond motifs is 1. The van der Waals surface area contributed by atoms with Gasteiger partial charge >= 0.3 is 6.09 Å². The van der Waals surface area contributed by atoms with Gasteiger partial charge in [0.1, 0.15) is 17.7 Å². The van der Waals surface area contributed by atoms with Crippen molar-refractivity contribution in [1.82, 2.24) is 40.1 Å². The van der Waals surface area contributed by atoms with Crippen LogP contribution in [-0.4, -0.2) is 72.4 Å². The summed E-state index contributed by atoms with van der Waals surface area (Å²) in [7, 11) is 1.29. The molecule has 3 N–H and O–H groups in total. The number of hydrogen-bond donors (Lipinski definition) is 3. The fraction of sp³-hybridized carbons (Fsp3) is 0.356. The zero-order valence-electron chi connectivity index (χ0n) is 33.4. The van der Waals surface area contributed by atoms with Crippen molar-refractivity contribution < 1.29 is 19.1 Å². The van der Waals surface area contributed by atoms with Gasteiger partial charge in [0.15, 0.2) is 0 Å². The molecule has 13 nitrogen and oxygen atoms in total. The van der Waals surface area contributed by atoms with Gasteiger partial charge in [-0.15, -0.1) is 0 Å². The minimum absolute atomic E-state index is 0.0340. The monoisotopic (exact) mass is 777 g/mol. The van der Waals surface area contributed by atoms with E-state index in [0.717, 1.165) is 88.4 Å². The number of ether oxygens (including phenoxy) is 1. The third kappa shape index (κ3) is 6.67. The number of carbonyl (C=O) groups is 3. The van der Waals surface area contributed by atoms with Gasteiger partial charge in [-0.3, -0.25) is 14.6 Å². The molecule has 4 atom stereocenters. The second-order valence-corrected chi connectivity index (χ2v) is 16.8. The number of hydrogen-bond acceptors (Lipinski definition) is 8. The highest BCUT2D eigenvalue weighted by atomic mass is 16.5. The lowest BCUT2D eigenvalue weighted by atomic mass is 9.85. The van der Waals surface area contributed by atoms with E-state index in [1.54, 1.807) is 12.4 Å². The lowest BCUT2D eigenvalue weighted by molar-refractivity contribution is -0.137. The van der Waals surface area contributed by atoms with Crippen molar-refractivity contribution in [3.8, 4) is 33.8 Å². The maximum absolute atomic E-state index is 13.8. The Labute approximate surface area is 336 Å². The van der Waals surface area contributed by atoms with Gasteiger partial charge in [0.25, 0.3) is 0 Å². The predicted molar refractivity (Wildman–Crippen MR) is 220 cm³/mol. The standard InChI is InChI=1S/C45H47N9O4/c1-25-11-12-28-8-6-9-30-21-37(54(38(28)30)42(25)55)41-48-23-34(50-41)27-15-13-26(14-16-27)33-22-46-32-20-29(17-18-31(32)49-33)35-24-47-40(51-35)36-10-7-19-53(36)43(56)39(45(2,3)4)52-44(57)58-5/h6,8-9,13-18,20,22-25,36-37,39H,7,10-12,19,21H2,1-5H3,(H,47,51)(H,48,50)(H,52,57)/t25-,36-,37-,39+/m0/s1. The number of carbonyl (C=O) groups excluding carboxylic acids is 3. The topological polar surface area (TPSA) is 162 Å². The third-order valence-corrected chi connectivity index (χ3v) is 11.9. The van der Waals surface area contributed by atoms with Gasteiger partial charge in [0, 0.05) is 30.0 Å². The lowest BCUT2D eigenvalue weighted by Gasteiger charge is -2.35. The number of imidazole rings is 2. The molecule has 3 aliphatic rings. The first-order valence-corrected chi connectivity index (χ1v) is 20.0. The quantitative estimate of drug-likeness (QED) is 0.148. The van der Waals surface area contributed by atoms with Crippen LogP contribution in [-0.2, 0) is 27.2 Å². The highest BCUT2D eigenvalue weighted by Gasteiger charge is 2.42. The SMILES string of the molecule is COC(=O)N[C@H](C(=O)N1CCC[C@H]1c1ncc(-c2ccc3nc(-c4ccc(-c5cnc([C@@H]6Cc7cccc8c7N6C(=O)[C@@H](C)CC8)[nH]5)cc4)cnc3c2)[nH]1)C(C)(C)C. The molecule has 6 heterocycles. The van der Waals surface area contributed by atoms with Crippen LogP contribution in [0.4, 0.5) is 10.5 Å². The number of methoxy groups -OCH3 is 1. The summed E-state index contributed by atoms with van der Waals surface area (Å²) in [5, 5.41) is 2.74. The molecule has 296 valence electrons. The predicted octanol–water partition coefficient (Wildman–Crippen LogP) is 7.72. The van der Waals surface area contributed by atoms with Crippen LogP contribution in [0.15, 0.2) is 79.3 Å². The number of H-pyrrole nitrogens is 2. The summed E-state index contributed by atoms with van der Waals surface area (Å²) in [6, 6.07) is 19.4. The zero-order chi connectivity index (χ0) is 40.3. The molecule has 0 aliphatic carbocycles. The summed E-state index contributed by atoms with van der Waals surface area (Å²) in [6.07, 6.45) is 8.90. The minimum atomic E-state index is -0.747. The molecule has 0 bridgehead atoms. The maximum atomic E-state index is 13.8. The van der Waals surface area contributed by atoms with Crippen molar-refractivity contribution in [3.05, 3.63) is 102 Å². The number of benzene rings is 3. The Hall–Kier alpha value is -6.37. The van der Waals surface area contributed by atoms with Crippen LogP contribution in [0.2, 0.25) is 0 Å². The minimum Gasteiger partial charge on any atom is -0.453 e. The Morgan fingerprint density at radius 1 is 0.845 bits per heavy atom. The molecule has 6 aromatic rings. The van der Waals surface area contributed by atoms with Crippen LogP contribution >= 0.6 is 0 Å². The summed E-state index contributed by atoms with van der Waals surface area (Å²) in [6.45, 7) is 8.37. The first-order valence-electron chi connectivity index (χ1n) is 20.0. The normalized spacial score (nSPS) is 19.6. The van der Waals surface area contributed by atoms with E-state index in [2.05, 4.69) is 45.6 Å². The highest BCUT2D eigenvalue weighted by molar-refractivity contribution is 5.99. The Balaban J connectivity index is 0.899. The lowest BCUT2D eigenvalue weighted by Crippen LogP contribution is -2.54. The summed E-state index contributed by atoms with van der Waals surface area (Å²) in [5.41, 5.74) is 9.83. The molecule has 3 aliphatic heterocycles. The van der Waals surface area contributed by atoms with Gasteiger partial charge in [-0.2, -0.15) is 0 Å². The average Bonchev–Trinajstić information content (AvgIpc) is 4.06. The van der Waals surface area contributed by atoms with Gasteiger partial charge in [-0.1, -0.05) is 76.2 Å². The van der Waals surface area contributed by atoms with Crippen molar-refractivity contribution in [2.24, 2.45) is 11.3 Å². The molecule has 0 unspecified atom stereocenters. The number of likely N-dealkylation sites (tertiary alicyclic amines) is 1. The first kappa shape index (κ1) is 37.2. The van der Waals surface area contributed by atoms with E-state index in [1.165, 1.54) is 18.2 Å². The van der Waals surface area contributed by atoms with Crippen molar-refractivity contribution in [1.29, 1.82) is 0 Å². The third-order valence-electron chi connectivity index (χ3n) is 11.9. The number of para-hydroxylation sites is 1. The van der Waals surface area contributed by atoms with Crippen LogP contribution in [0.5, 0.6) is 0 Å². The van der Waals surface area contributed by atoms with E-state index in [9.17, 15) is 14.4 Å². The molecule has 1 fully saturated rings. The summed E-state index contributed by atoms with van der Waals surface area (Å²) >= 11 is 0. The number of aryl methyl sites for hydroxylation is 1. The smallest absolute Gasteiger partial charge is 0.407 e. The fourth-order valence-corrected chi connectivity index (χ4v) is 8.74. The Kier molecular flexibility index (Phi) is 9.33. The first-order chi connectivity index (χ1) is 28.0. The van der Waals surface area contributed by atoms with Gasteiger partial charge in [-0.05, 0) is 59.9 Å². The van der Waals surface area contributed by atoms with Gasteiger partial charge in [0.05, 0.1) is 71.6 Å². The Morgan fingerprint density at radius 2 is 1.53 bits per heavy atom. The summed E-state index contributed by atoms with van der Waals surface area (Å²) < 4.78 is 4.81. The molecular weight excluding hydrogens is 731 g/mol. The molecule has 9 rings (SSSR count). The fourth-order valence-electron chi connectivity index (χ4n) is 8.74. The van der Waals surface area contributed by atoms with Crippen LogP contribution in [0.3, 0.4) is 0 Å². The van der Waals surface area contributed by atoms with Crippen molar-refractivity contribution in [3.63, 3.8) is 0 Å².